The van der Waals surface area contributed by atoms with Crippen molar-refractivity contribution < 1.29 is 9.90 Å². The number of para-hydroxylation sites is 1. The first-order chi connectivity index (χ1) is 16.9. The molecule has 1 heterocycles. The van der Waals surface area contributed by atoms with Crippen LogP contribution in [0.5, 0.6) is 5.75 Å². The maximum absolute atomic E-state index is 13.7. The number of hydrogen-bond acceptors (Lipinski definition) is 4. The molecule has 1 aliphatic heterocycles. The molecule has 0 saturated carbocycles. The number of hydrogen-bond donors (Lipinski definition) is 2. The molecule has 0 bridgehead atoms. The fraction of sp³-hybridized carbons (Fsp3) is 0.321. The fourth-order valence-corrected chi connectivity index (χ4v) is 5.05. The van der Waals surface area contributed by atoms with Crippen molar-refractivity contribution in [2.75, 3.05) is 33.7 Å². The number of aromatic hydroxyl groups is 1. The third-order valence-corrected chi connectivity index (χ3v) is 7.51. The minimum atomic E-state index is -0.545. The lowest BCUT2D eigenvalue weighted by molar-refractivity contribution is -0.134. The predicted octanol–water partition coefficient (Wildman–Crippen LogP) is 5.92. The topological polar surface area (TPSA) is 55.8 Å². The molecule has 3 aromatic rings. The number of carbonyl (C=O) groups excluding carboxylic acids is 1. The standard InChI is InChI=1S/C28H31Cl2N3O2/c1-31-27(21-13-14-23(29)24(30)17-21)28(35)32(2)25(18-33-15-5-6-16-33)20-11-9-19(10-12-20)22-7-3-4-8-26(22)34/h3-4,7-14,17,25,27,31,34H,5-6,15-16,18H2,1-2H3. The van der Waals surface area contributed by atoms with Crippen molar-refractivity contribution in [2.24, 2.45) is 0 Å². The Kier molecular flexibility index (Phi) is 8.34. The van der Waals surface area contributed by atoms with E-state index in [9.17, 15) is 9.90 Å². The van der Waals surface area contributed by atoms with Gasteiger partial charge in [-0.3, -0.25) is 4.79 Å². The third-order valence-electron chi connectivity index (χ3n) is 6.77. The Morgan fingerprint density at radius 3 is 2.29 bits per heavy atom. The molecule has 1 aliphatic rings. The number of likely N-dealkylation sites (N-methyl/N-ethyl adjacent to an activating group) is 2. The Balaban J connectivity index is 1.63. The smallest absolute Gasteiger partial charge is 0.244 e. The fourth-order valence-electron chi connectivity index (χ4n) is 4.75. The number of halogens is 2. The SMILES string of the molecule is CNC(C(=O)N(C)C(CN1CCCC1)c1ccc(-c2ccccc2O)cc1)c1ccc(Cl)c(Cl)c1. The molecule has 0 aromatic heterocycles. The zero-order chi connectivity index (χ0) is 24.9. The van der Waals surface area contributed by atoms with Crippen LogP contribution in [0.4, 0.5) is 0 Å². The molecule has 2 atom stereocenters. The molecule has 184 valence electrons. The molecule has 1 saturated heterocycles. The normalized spacial score (nSPS) is 15.7. The highest BCUT2D eigenvalue weighted by Crippen LogP contribution is 2.32. The van der Waals surface area contributed by atoms with Gasteiger partial charge in [0.25, 0.3) is 0 Å². The molecule has 7 heteroatoms. The maximum atomic E-state index is 13.7. The molecule has 0 aliphatic carbocycles. The Bertz CT molecular complexity index is 1160. The molecule has 0 radical (unpaired) electrons. The lowest BCUT2D eigenvalue weighted by Gasteiger charge is -2.34. The molecular formula is C28H31Cl2N3O2. The summed E-state index contributed by atoms with van der Waals surface area (Å²) in [5, 5.41) is 14.3. The molecular weight excluding hydrogens is 481 g/mol. The summed E-state index contributed by atoms with van der Waals surface area (Å²) in [6.45, 7) is 2.84. The monoisotopic (exact) mass is 511 g/mol. The van der Waals surface area contributed by atoms with Crippen LogP contribution in [0.25, 0.3) is 11.1 Å². The number of benzene rings is 3. The van der Waals surface area contributed by atoms with Gasteiger partial charge in [-0.05, 0) is 67.9 Å². The Morgan fingerprint density at radius 2 is 1.66 bits per heavy atom. The number of amides is 1. The molecule has 2 N–H and O–H groups in total. The second kappa shape index (κ2) is 11.4. The van der Waals surface area contributed by atoms with Crippen molar-refractivity contribution in [3.05, 3.63) is 87.9 Å². The van der Waals surface area contributed by atoms with Crippen molar-refractivity contribution >= 4 is 29.1 Å². The van der Waals surface area contributed by atoms with Gasteiger partial charge in [0, 0.05) is 19.2 Å². The van der Waals surface area contributed by atoms with E-state index in [1.54, 1.807) is 25.2 Å². The highest BCUT2D eigenvalue weighted by molar-refractivity contribution is 6.42. The molecule has 3 aromatic carbocycles. The van der Waals surface area contributed by atoms with E-state index < -0.39 is 6.04 Å². The van der Waals surface area contributed by atoms with Gasteiger partial charge in [0.1, 0.15) is 11.8 Å². The summed E-state index contributed by atoms with van der Waals surface area (Å²) in [5.74, 6) is 0.208. The van der Waals surface area contributed by atoms with Gasteiger partial charge < -0.3 is 20.2 Å². The van der Waals surface area contributed by atoms with Crippen LogP contribution in [0.3, 0.4) is 0 Å². The zero-order valence-corrected chi connectivity index (χ0v) is 21.6. The number of phenolic OH excluding ortho intramolecular Hbond substituents is 1. The number of phenols is 1. The Morgan fingerprint density at radius 1 is 1.00 bits per heavy atom. The van der Waals surface area contributed by atoms with Crippen LogP contribution < -0.4 is 5.32 Å². The van der Waals surface area contributed by atoms with E-state index in [-0.39, 0.29) is 17.7 Å². The zero-order valence-electron chi connectivity index (χ0n) is 20.0. The minimum Gasteiger partial charge on any atom is -0.507 e. The van der Waals surface area contributed by atoms with Gasteiger partial charge >= 0.3 is 0 Å². The van der Waals surface area contributed by atoms with E-state index in [4.69, 9.17) is 23.2 Å². The van der Waals surface area contributed by atoms with Crippen molar-refractivity contribution in [3.8, 4) is 16.9 Å². The van der Waals surface area contributed by atoms with Crippen molar-refractivity contribution in [1.82, 2.24) is 15.1 Å². The van der Waals surface area contributed by atoms with Gasteiger partial charge in [-0.2, -0.15) is 0 Å². The van der Waals surface area contributed by atoms with Gasteiger partial charge in [-0.1, -0.05) is 71.7 Å². The van der Waals surface area contributed by atoms with Crippen molar-refractivity contribution in [3.63, 3.8) is 0 Å². The van der Waals surface area contributed by atoms with Gasteiger partial charge in [0.05, 0.1) is 16.1 Å². The van der Waals surface area contributed by atoms with Gasteiger partial charge in [-0.15, -0.1) is 0 Å². The quantitative estimate of drug-likeness (QED) is 0.393. The molecule has 35 heavy (non-hydrogen) atoms. The third kappa shape index (κ3) is 5.81. The van der Waals surface area contributed by atoms with Gasteiger partial charge in [0.2, 0.25) is 5.91 Å². The lowest BCUT2D eigenvalue weighted by atomic mass is 9.98. The number of likely N-dealkylation sites (tertiary alicyclic amines) is 1. The summed E-state index contributed by atoms with van der Waals surface area (Å²) >= 11 is 12.3. The summed E-state index contributed by atoms with van der Waals surface area (Å²) in [7, 11) is 3.64. The second-order valence-corrected chi connectivity index (χ2v) is 9.82. The number of nitrogens with zero attached hydrogens (tertiary/aromatic N) is 2. The van der Waals surface area contributed by atoms with Crippen LogP contribution in [-0.2, 0) is 4.79 Å². The van der Waals surface area contributed by atoms with Crippen LogP contribution in [0, 0.1) is 0 Å². The van der Waals surface area contributed by atoms with E-state index in [0.29, 0.717) is 10.0 Å². The van der Waals surface area contributed by atoms with Crippen LogP contribution >= 0.6 is 23.2 Å². The van der Waals surface area contributed by atoms with Crippen LogP contribution in [-0.4, -0.2) is 54.5 Å². The van der Waals surface area contributed by atoms with E-state index in [2.05, 4.69) is 22.3 Å². The number of carbonyl (C=O) groups is 1. The highest BCUT2D eigenvalue weighted by Gasteiger charge is 2.30. The largest absolute Gasteiger partial charge is 0.507 e. The van der Waals surface area contributed by atoms with Crippen LogP contribution in [0.15, 0.2) is 66.7 Å². The molecule has 1 amide bonds. The molecule has 0 spiro atoms. The first-order valence-corrected chi connectivity index (χ1v) is 12.6. The maximum Gasteiger partial charge on any atom is 0.244 e. The van der Waals surface area contributed by atoms with Crippen molar-refractivity contribution in [2.45, 2.75) is 24.9 Å². The summed E-state index contributed by atoms with van der Waals surface area (Å²) in [6.07, 6.45) is 2.36. The van der Waals surface area contributed by atoms with E-state index in [1.165, 1.54) is 12.8 Å². The number of nitrogens with one attached hydrogen (secondary N) is 1. The average molecular weight is 512 g/mol. The Labute approximate surface area is 217 Å². The van der Waals surface area contributed by atoms with E-state index in [1.807, 2.05) is 48.3 Å². The first kappa shape index (κ1) is 25.5. The predicted molar refractivity (Wildman–Crippen MR) is 143 cm³/mol. The molecule has 1 fully saturated rings. The van der Waals surface area contributed by atoms with Crippen LogP contribution in [0.2, 0.25) is 10.0 Å². The summed E-state index contributed by atoms with van der Waals surface area (Å²) in [6, 6.07) is 20.1. The van der Waals surface area contributed by atoms with E-state index in [0.717, 1.165) is 41.9 Å². The minimum absolute atomic E-state index is 0.0418. The van der Waals surface area contributed by atoms with E-state index >= 15 is 0 Å². The van der Waals surface area contributed by atoms with Crippen molar-refractivity contribution in [1.29, 1.82) is 0 Å². The van der Waals surface area contributed by atoms with Crippen LogP contribution in [0.1, 0.15) is 36.1 Å². The molecule has 4 rings (SSSR count). The van der Waals surface area contributed by atoms with Gasteiger partial charge in [-0.25, -0.2) is 0 Å². The lowest BCUT2D eigenvalue weighted by Crippen LogP contribution is -2.43. The number of rotatable bonds is 8. The second-order valence-electron chi connectivity index (χ2n) is 9.01. The molecule has 5 nitrogen and oxygen atoms in total. The first-order valence-electron chi connectivity index (χ1n) is 11.9. The average Bonchev–Trinajstić information content (AvgIpc) is 3.38. The highest BCUT2D eigenvalue weighted by atomic mass is 35.5. The molecule has 2 unspecified atom stereocenters. The summed E-state index contributed by atoms with van der Waals surface area (Å²) in [5.41, 5.74) is 3.54. The summed E-state index contributed by atoms with van der Waals surface area (Å²) in [4.78, 5) is 18.0. The summed E-state index contributed by atoms with van der Waals surface area (Å²) < 4.78 is 0. The van der Waals surface area contributed by atoms with Gasteiger partial charge in [0.15, 0.2) is 0 Å². The Hall–Kier alpha value is -2.57.